The van der Waals surface area contributed by atoms with Gasteiger partial charge in [0.05, 0.1) is 11.3 Å². The van der Waals surface area contributed by atoms with E-state index in [1.165, 1.54) is 0 Å². The van der Waals surface area contributed by atoms with Crippen molar-refractivity contribution in [3.05, 3.63) is 47.9 Å². The number of nitrogens with one attached hydrogen (secondary N) is 1. The van der Waals surface area contributed by atoms with Gasteiger partial charge >= 0.3 is 0 Å². The maximum absolute atomic E-state index is 8.85. The smallest absolute Gasteiger partial charge is 0.150 e. The molecule has 5 nitrogen and oxygen atoms in total. The summed E-state index contributed by atoms with van der Waals surface area (Å²) in [5.41, 5.74) is 7.64. The first-order valence-corrected chi connectivity index (χ1v) is 5.59. The molecule has 18 heavy (non-hydrogen) atoms. The van der Waals surface area contributed by atoms with E-state index in [0.717, 1.165) is 12.1 Å². The molecule has 2 rings (SSSR count). The van der Waals surface area contributed by atoms with E-state index in [0.29, 0.717) is 23.6 Å². The van der Waals surface area contributed by atoms with Crippen LogP contribution in [0.5, 0.6) is 0 Å². The molecule has 0 amide bonds. The molecular weight excluding hydrogens is 226 g/mol. The molecule has 2 aromatic heterocycles. The fraction of sp³-hybridized carbons (Fsp3) is 0.154. The summed E-state index contributed by atoms with van der Waals surface area (Å²) in [7, 11) is 0. The molecule has 0 saturated carbocycles. The van der Waals surface area contributed by atoms with E-state index in [9.17, 15) is 0 Å². The molecule has 0 aromatic carbocycles. The highest BCUT2D eigenvalue weighted by Gasteiger charge is 2.05. The van der Waals surface area contributed by atoms with Crippen LogP contribution in [0, 0.1) is 11.3 Å². The Morgan fingerprint density at radius 1 is 1.22 bits per heavy atom. The molecule has 2 heterocycles. The lowest BCUT2D eigenvalue weighted by Gasteiger charge is -2.08. The quantitative estimate of drug-likeness (QED) is 0.845. The zero-order valence-corrected chi connectivity index (χ0v) is 9.80. The summed E-state index contributed by atoms with van der Waals surface area (Å²) >= 11 is 0. The van der Waals surface area contributed by atoms with Crippen molar-refractivity contribution >= 4 is 11.5 Å². The molecule has 0 unspecified atom stereocenters. The highest BCUT2D eigenvalue weighted by molar-refractivity contribution is 5.68. The number of pyridine rings is 2. The van der Waals surface area contributed by atoms with Crippen molar-refractivity contribution in [2.75, 3.05) is 17.6 Å². The monoisotopic (exact) mass is 239 g/mol. The molecule has 0 atom stereocenters. The first kappa shape index (κ1) is 11.9. The van der Waals surface area contributed by atoms with E-state index in [4.69, 9.17) is 11.0 Å². The highest BCUT2D eigenvalue weighted by Crippen LogP contribution is 2.18. The van der Waals surface area contributed by atoms with Crippen LogP contribution in [0.1, 0.15) is 11.3 Å². The predicted octanol–water partition coefficient (Wildman–Crippen LogP) is 1.59. The third-order valence-corrected chi connectivity index (χ3v) is 2.51. The average Bonchev–Trinajstić information content (AvgIpc) is 2.42. The van der Waals surface area contributed by atoms with E-state index in [1.807, 2.05) is 24.3 Å². The van der Waals surface area contributed by atoms with Gasteiger partial charge in [0.15, 0.2) is 5.82 Å². The van der Waals surface area contributed by atoms with Gasteiger partial charge in [0.25, 0.3) is 0 Å². The second-order valence-electron chi connectivity index (χ2n) is 3.73. The van der Waals surface area contributed by atoms with Crippen molar-refractivity contribution in [3.8, 4) is 6.07 Å². The minimum Gasteiger partial charge on any atom is -0.395 e. The summed E-state index contributed by atoms with van der Waals surface area (Å²) in [6.07, 6.45) is 4.11. The SMILES string of the molecule is N#Cc1ccnc(NCCc2ccccn2)c1N. The molecule has 5 heteroatoms. The maximum Gasteiger partial charge on any atom is 0.150 e. The molecule has 2 aromatic rings. The Bertz CT molecular complexity index is 559. The van der Waals surface area contributed by atoms with Crippen LogP contribution in [0.3, 0.4) is 0 Å². The molecule has 0 aliphatic heterocycles. The predicted molar refractivity (Wildman–Crippen MR) is 69.8 cm³/mol. The molecular formula is C13H13N5. The molecule has 0 fully saturated rings. The number of nitrogens with zero attached hydrogens (tertiary/aromatic N) is 3. The van der Waals surface area contributed by atoms with Crippen molar-refractivity contribution in [2.24, 2.45) is 0 Å². The van der Waals surface area contributed by atoms with E-state index < -0.39 is 0 Å². The third kappa shape index (κ3) is 2.74. The summed E-state index contributed by atoms with van der Waals surface area (Å²) < 4.78 is 0. The van der Waals surface area contributed by atoms with Crippen molar-refractivity contribution in [1.29, 1.82) is 5.26 Å². The van der Waals surface area contributed by atoms with Gasteiger partial charge in [-0.25, -0.2) is 4.98 Å². The van der Waals surface area contributed by atoms with Gasteiger partial charge in [-0.2, -0.15) is 5.26 Å². The third-order valence-electron chi connectivity index (χ3n) is 2.51. The molecule has 0 aliphatic carbocycles. The molecule has 0 bridgehead atoms. The largest absolute Gasteiger partial charge is 0.395 e. The molecule has 3 N–H and O–H groups in total. The number of anilines is 2. The van der Waals surface area contributed by atoms with Crippen LogP contribution in [-0.2, 0) is 6.42 Å². The Morgan fingerprint density at radius 3 is 2.83 bits per heavy atom. The lowest BCUT2D eigenvalue weighted by Crippen LogP contribution is -2.09. The van der Waals surface area contributed by atoms with Gasteiger partial charge in [-0.1, -0.05) is 6.07 Å². The second-order valence-corrected chi connectivity index (χ2v) is 3.73. The summed E-state index contributed by atoms with van der Waals surface area (Å²) in [5, 5.41) is 12.0. The van der Waals surface area contributed by atoms with Gasteiger partial charge < -0.3 is 11.1 Å². The number of rotatable bonds is 4. The Morgan fingerprint density at radius 2 is 2.11 bits per heavy atom. The topological polar surface area (TPSA) is 87.6 Å². The minimum absolute atomic E-state index is 0.390. The molecule has 90 valence electrons. The maximum atomic E-state index is 8.85. The van der Waals surface area contributed by atoms with Crippen molar-refractivity contribution in [1.82, 2.24) is 9.97 Å². The Kier molecular flexibility index (Phi) is 3.72. The van der Waals surface area contributed by atoms with Crippen LogP contribution in [0.25, 0.3) is 0 Å². The summed E-state index contributed by atoms with van der Waals surface area (Å²) in [6, 6.07) is 9.42. The van der Waals surface area contributed by atoms with E-state index in [1.54, 1.807) is 18.5 Å². The fourth-order valence-corrected chi connectivity index (χ4v) is 1.57. The molecule has 0 aliphatic rings. The van der Waals surface area contributed by atoms with Gasteiger partial charge in [0.1, 0.15) is 6.07 Å². The highest BCUT2D eigenvalue weighted by atomic mass is 15.0. The van der Waals surface area contributed by atoms with Crippen LogP contribution < -0.4 is 11.1 Å². The van der Waals surface area contributed by atoms with Gasteiger partial charge in [0, 0.05) is 31.1 Å². The van der Waals surface area contributed by atoms with Gasteiger partial charge in [-0.05, 0) is 18.2 Å². The fourth-order valence-electron chi connectivity index (χ4n) is 1.57. The Hall–Kier alpha value is -2.61. The Balaban J connectivity index is 1.97. The van der Waals surface area contributed by atoms with Crippen molar-refractivity contribution < 1.29 is 0 Å². The number of hydrogen-bond acceptors (Lipinski definition) is 5. The van der Waals surface area contributed by atoms with Gasteiger partial charge in [-0.3, -0.25) is 4.98 Å². The Labute approximate surface area is 105 Å². The second kappa shape index (κ2) is 5.64. The van der Waals surface area contributed by atoms with Crippen LogP contribution in [0.4, 0.5) is 11.5 Å². The van der Waals surface area contributed by atoms with Crippen molar-refractivity contribution in [2.45, 2.75) is 6.42 Å². The van der Waals surface area contributed by atoms with E-state index in [-0.39, 0.29) is 0 Å². The van der Waals surface area contributed by atoms with Gasteiger partial charge in [0.2, 0.25) is 0 Å². The van der Waals surface area contributed by atoms with Crippen LogP contribution in [0.2, 0.25) is 0 Å². The number of nitrogens with two attached hydrogens (primary N) is 1. The van der Waals surface area contributed by atoms with Gasteiger partial charge in [-0.15, -0.1) is 0 Å². The molecule has 0 saturated heterocycles. The standard InChI is InChI=1S/C13H13N5/c14-9-10-4-7-17-13(12(10)15)18-8-5-11-3-1-2-6-16-11/h1-4,6-7H,5,8,15H2,(H,17,18). The normalized spacial score (nSPS) is 9.72. The zero-order chi connectivity index (χ0) is 12.8. The van der Waals surface area contributed by atoms with Crippen LogP contribution in [0.15, 0.2) is 36.7 Å². The van der Waals surface area contributed by atoms with Crippen molar-refractivity contribution in [3.63, 3.8) is 0 Å². The van der Waals surface area contributed by atoms with Crippen LogP contribution >= 0.6 is 0 Å². The number of aromatic nitrogens is 2. The number of hydrogen-bond donors (Lipinski definition) is 2. The van der Waals surface area contributed by atoms with E-state index in [2.05, 4.69) is 15.3 Å². The summed E-state index contributed by atoms with van der Waals surface area (Å²) in [4.78, 5) is 8.33. The summed E-state index contributed by atoms with van der Waals surface area (Å²) in [5.74, 6) is 0.546. The molecule has 0 radical (unpaired) electrons. The van der Waals surface area contributed by atoms with E-state index >= 15 is 0 Å². The lowest BCUT2D eigenvalue weighted by atomic mass is 10.2. The first-order chi connectivity index (χ1) is 8.81. The number of nitriles is 1. The minimum atomic E-state index is 0.390. The zero-order valence-electron chi connectivity index (χ0n) is 9.80. The molecule has 0 spiro atoms. The van der Waals surface area contributed by atoms with Crippen LogP contribution in [-0.4, -0.2) is 16.5 Å². The average molecular weight is 239 g/mol. The summed E-state index contributed by atoms with van der Waals surface area (Å²) in [6.45, 7) is 0.670. The lowest BCUT2D eigenvalue weighted by molar-refractivity contribution is 0.954. The first-order valence-electron chi connectivity index (χ1n) is 5.59. The number of nitrogen functional groups attached to an aromatic ring is 1.